The van der Waals surface area contributed by atoms with Crippen LogP contribution in [-0.2, 0) is 0 Å². The van der Waals surface area contributed by atoms with Crippen molar-refractivity contribution in [3.8, 4) is 0 Å². The highest BCUT2D eigenvalue weighted by atomic mass is 35.5. The van der Waals surface area contributed by atoms with Crippen molar-refractivity contribution in [1.82, 2.24) is 4.90 Å². The fourth-order valence-corrected chi connectivity index (χ4v) is 2.76. The highest BCUT2D eigenvalue weighted by molar-refractivity contribution is 6.32. The van der Waals surface area contributed by atoms with Crippen molar-refractivity contribution in [3.05, 3.63) is 52.4 Å². The number of nitrogens with zero attached hydrogens (tertiary/aromatic N) is 2. The first-order valence-electron chi connectivity index (χ1n) is 6.68. The SMILES string of the molecule is O=C(c1ccoc1Cl)N1CCN(c2ccc(Cl)cc2)CC1. The van der Waals surface area contributed by atoms with Gasteiger partial charge in [-0.05, 0) is 41.9 Å². The third kappa shape index (κ3) is 3.01. The van der Waals surface area contributed by atoms with E-state index in [2.05, 4.69) is 4.90 Å². The molecule has 6 heteroatoms. The molecule has 0 bridgehead atoms. The van der Waals surface area contributed by atoms with Crippen LogP contribution in [0, 0.1) is 0 Å². The molecule has 1 amide bonds. The number of carbonyl (C=O) groups is 1. The minimum absolute atomic E-state index is 0.0792. The highest BCUT2D eigenvalue weighted by Crippen LogP contribution is 2.22. The normalized spacial score (nSPS) is 15.3. The molecule has 2 heterocycles. The standard InChI is InChI=1S/C15H14Cl2N2O2/c16-11-1-3-12(4-2-11)18-6-8-19(9-7-18)15(20)13-5-10-21-14(13)17/h1-5,10H,6-9H2. The van der Waals surface area contributed by atoms with E-state index in [1.165, 1.54) is 6.26 Å². The molecule has 0 radical (unpaired) electrons. The summed E-state index contributed by atoms with van der Waals surface area (Å²) in [5.74, 6) is -0.0792. The number of halogens is 2. The monoisotopic (exact) mass is 324 g/mol. The van der Waals surface area contributed by atoms with Crippen LogP contribution >= 0.6 is 23.2 Å². The molecule has 110 valence electrons. The van der Waals surface area contributed by atoms with E-state index in [-0.39, 0.29) is 11.1 Å². The number of carbonyl (C=O) groups excluding carboxylic acids is 1. The first-order chi connectivity index (χ1) is 10.1. The predicted octanol–water partition coefficient (Wildman–Crippen LogP) is 3.55. The maximum Gasteiger partial charge on any atom is 0.258 e. The molecule has 0 spiro atoms. The van der Waals surface area contributed by atoms with Gasteiger partial charge in [-0.25, -0.2) is 0 Å². The summed E-state index contributed by atoms with van der Waals surface area (Å²) < 4.78 is 4.97. The Bertz CT molecular complexity index is 631. The first-order valence-corrected chi connectivity index (χ1v) is 7.43. The fraction of sp³-hybridized carbons (Fsp3) is 0.267. The number of benzene rings is 1. The van der Waals surface area contributed by atoms with Crippen molar-refractivity contribution in [1.29, 1.82) is 0 Å². The van der Waals surface area contributed by atoms with Crippen LogP contribution in [0.3, 0.4) is 0 Å². The predicted molar refractivity (Wildman–Crippen MR) is 83.3 cm³/mol. The maximum absolute atomic E-state index is 12.3. The number of amides is 1. The van der Waals surface area contributed by atoms with Gasteiger partial charge in [0.1, 0.15) is 0 Å². The summed E-state index contributed by atoms with van der Waals surface area (Å²) in [7, 11) is 0. The third-order valence-corrected chi connectivity index (χ3v) is 4.15. The van der Waals surface area contributed by atoms with Gasteiger partial charge in [0.25, 0.3) is 5.91 Å². The molecule has 0 N–H and O–H groups in total. The lowest BCUT2D eigenvalue weighted by atomic mass is 10.2. The van der Waals surface area contributed by atoms with E-state index in [1.807, 2.05) is 24.3 Å². The van der Waals surface area contributed by atoms with E-state index in [9.17, 15) is 4.79 Å². The molecule has 0 saturated carbocycles. The van der Waals surface area contributed by atoms with Crippen LogP contribution in [0.5, 0.6) is 0 Å². The molecule has 3 rings (SSSR count). The Kier molecular flexibility index (Phi) is 4.08. The number of rotatable bonds is 2. The number of anilines is 1. The van der Waals surface area contributed by atoms with Crippen molar-refractivity contribution in [3.63, 3.8) is 0 Å². The third-order valence-electron chi connectivity index (χ3n) is 3.61. The van der Waals surface area contributed by atoms with Crippen LogP contribution < -0.4 is 4.90 Å². The molecule has 1 fully saturated rings. The molecule has 0 unspecified atom stereocenters. The summed E-state index contributed by atoms with van der Waals surface area (Å²) in [5, 5.41) is 0.877. The lowest BCUT2D eigenvalue weighted by Gasteiger charge is -2.36. The van der Waals surface area contributed by atoms with Gasteiger partial charge in [0, 0.05) is 36.9 Å². The zero-order valence-corrected chi connectivity index (χ0v) is 12.8. The Morgan fingerprint density at radius 1 is 1.00 bits per heavy atom. The van der Waals surface area contributed by atoms with E-state index in [4.69, 9.17) is 27.6 Å². The molecular formula is C15H14Cl2N2O2. The minimum atomic E-state index is -0.0792. The number of hydrogen-bond donors (Lipinski definition) is 0. The first kappa shape index (κ1) is 14.3. The highest BCUT2D eigenvalue weighted by Gasteiger charge is 2.24. The second-order valence-electron chi connectivity index (χ2n) is 4.86. The topological polar surface area (TPSA) is 36.7 Å². The zero-order valence-electron chi connectivity index (χ0n) is 11.3. The summed E-state index contributed by atoms with van der Waals surface area (Å²) in [4.78, 5) is 16.3. The Morgan fingerprint density at radius 3 is 2.24 bits per heavy atom. The van der Waals surface area contributed by atoms with Gasteiger partial charge in [-0.2, -0.15) is 0 Å². The van der Waals surface area contributed by atoms with E-state index in [0.29, 0.717) is 18.7 Å². The van der Waals surface area contributed by atoms with Crippen molar-refractivity contribution in [2.45, 2.75) is 0 Å². The molecule has 1 aromatic heterocycles. The molecule has 1 aliphatic heterocycles. The van der Waals surface area contributed by atoms with Gasteiger partial charge < -0.3 is 14.2 Å². The van der Waals surface area contributed by atoms with Crippen LogP contribution in [0.15, 0.2) is 41.0 Å². The molecule has 21 heavy (non-hydrogen) atoms. The summed E-state index contributed by atoms with van der Waals surface area (Å²) in [6.07, 6.45) is 1.43. The molecule has 2 aromatic rings. The number of furan rings is 1. The maximum atomic E-state index is 12.3. The number of hydrogen-bond acceptors (Lipinski definition) is 3. The van der Waals surface area contributed by atoms with Gasteiger partial charge in [-0.3, -0.25) is 4.79 Å². The molecule has 0 atom stereocenters. The van der Waals surface area contributed by atoms with Gasteiger partial charge in [0.05, 0.1) is 11.8 Å². The largest absolute Gasteiger partial charge is 0.452 e. The second kappa shape index (κ2) is 6.00. The lowest BCUT2D eigenvalue weighted by Crippen LogP contribution is -2.48. The lowest BCUT2D eigenvalue weighted by molar-refractivity contribution is 0.0746. The Morgan fingerprint density at radius 2 is 1.67 bits per heavy atom. The fourth-order valence-electron chi connectivity index (χ4n) is 2.44. The van der Waals surface area contributed by atoms with Gasteiger partial charge in [0.15, 0.2) is 0 Å². The summed E-state index contributed by atoms with van der Waals surface area (Å²) >= 11 is 11.8. The van der Waals surface area contributed by atoms with Crippen LogP contribution in [-0.4, -0.2) is 37.0 Å². The molecular weight excluding hydrogens is 311 g/mol. The Hall–Kier alpha value is -1.65. The van der Waals surface area contributed by atoms with E-state index >= 15 is 0 Å². The molecule has 0 aliphatic carbocycles. The van der Waals surface area contributed by atoms with E-state index in [0.717, 1.165) is 23.8 Å². The summed E-state index contributed by atoms with van der Waals surface area (Å²) in [5.41, 5.74) is 1.55. The van der Waals surface area contributed by atoms with Crippen molar-refractivity contribution in [2.75, 3.05) is 31.1 Å². The smallest absolute Gasteiger partial charge is 0.258 e. The van der Waals surface area contributed by atoms with Crippen LogP contribution in [0.25, 0.3) is 0 Å². The Balaban J connectivity index is 1.64. The minimum Gasteiger partial charge on any atom is -0.452 e. The molecule has 1 aliphatic rings. The van der Waals surface area contributed by atoms with E-state index < -0.39 is 0 Å². The van der Waals surface area contributed by atoms with Gasteiger partial charge in [0.2, 0.25) is 5.22 Å². The van der Waals surface area contributed by atoms with Gasteiger partial charge in [-0.1, -0.05) is 11.6 Å². The van der Waals surface area contributed by atoms with Gasteiger partial charge >= 0.3 is 0 Å². The van der Waals surface area contributed by atoms with Crippen LogP contribution in [0.4, 0.5) is 5.69 Å². The second-order valence-corrected chi connectivity index (χ2v) is 5.64. The van der Waals surface area contributed by atoms with Crippen LogP contribution in [0.1, 0.15) is 10.4 Å². The van der Waals surface area contributed by atoms with Crippen molar-refractivity contribution in [2.24, 2.45) is 0 Å². The van der Waals surface area contributed by atoms with Gasteiger partial charge in [-0.15, -0.1) is 0 Å². The zero-order chi connectivity index (χ0) is 14.8. The average molecular weight is 325 g/mol. The molecule has 4 nitrogen and oxygen atoms in total. The molecule has 1 saturated heterocycles. The van der Waals surface area contributed by atoms with Crippen molar-refractivity contribution >= 4 is 34.8 Å². The Labute approximate surface area is 132 Å². The van der Waals surface area contributed by atoms with E-state index in [1.54, 1.807) is 11.0 Å². The summed E-state index contributed by atoms with van der Waals surface area (Å²) in [6, 6.07) is 9.34. The quantitative estimate of drug-likeness (QED) is 0.847. The average Bonchev–Trinajstić information content (AvgIpc) is 2.94. The number of piperazine rings is 1. The van der Waals surface area contributed by atoms with Crippen LogP contribution in [0.2, 0.25) is 10.2 Å². The van der Waals surface area contributed by atoms with Crippen molar-refractivity contribution < 1.29 is 9.21 Å². The summed E-state index contributed by atoms with van der Waals surface area (Å²) in [6.45, 7) is 2.87. The molecule has 1 aromatic carbocycles.